The molecule has 0 aromatic heterocycles. The lowest BCUT2D eigenvalue weighted by atomic mass is 10.3. The van der Waals surface area contributed by atoms with Crippen molar-refractivity contribution < 1.29 is 15.0 Å². The van der Waals surface area contributed by atoms with E-state index in [9.17, 15) is 0 Å². The molecule has 0 aromatic rings. The highest BCUT2D eigenvalue weighted by Crippen LogP contribution is 1.94. The Morgan fingerprint density at radius 2 is 1.73 bits per heavy atom. The number of aliphatic carboxylic acids is 1. The number of carbonyl (C=O) groups is 1. The van der Waals surface area contributed by atoms with Crippen LogP contribution >= 0.6 is 0 Å². The van der Waals surface area contributed by atoms with Crippen molar-refractivity contribution in [2.45, 2.75) is 33.6 Å². The van der Waals surface area contributed by atoms with Gasteiger partial charge in [-0.2, -0.15) is 0 Å². The molecular formula is C8H16O3. The van der Waals surface area contributed by atoms with E-state index in [4.69, 9.17) is 15.0 Å². The van der Waals surface area contributed by atoms with Gasteiger partial charge < -0.3 is 10.2 Å². The molecule has 0 unspecified atom stereocenters. The van der Waals surface area contributed by atoms with Gasteiger partial charge in [0.1, 0.15) is 0 Å². The molecule has 66 valence electrons. The van der Waals surface area contributed by atoms with Crippen LogP contribution in [0.4, 0.5) is 0 Å². The van der Waals surface area contributed by atoms with Gasteiger partial charge in [-0.15, -0.1) is 0 Å². The van der Waals surface area contributed by atoms with Crippen LogP contribution in [-0.2, 0) is 4.79 Å². The minimum atomic E-state index is -0.833. The predicted molar refractivity (Wildman–Crippen MR) is 44.6 cm³/mol. The van der Waals surface area contributed by atoms with Gasteiger partial charge in [0, 0.05) is 13.3 Å². The summed E-state index contributed by atoms with van der Waals surface area (Å²) in [6.07, 6.45) is 3.51. The molecule has 3 heteroatoms. The smallest absolute Gasteiger partial charge is 0.300 e. The largest absolute Gasteiger partial charge is 0.513 e. The maximum absolute atomic E-state index is 9.00. The summed E-state index contributed by atoms with van der Waals surface area (Å²) >= 11 is 0. The number of carboxylic acids is 1. The lowest BCUT2D eigenvalue weighted by molar-refractivity contribution is -0.134. The highest BCUT2D eigenvalue weighted by molar-refractivity contribution is 5.62. The molecule has 0 saturated heterocycles. The molecule has 0 amide bonds. The number of aliphatic hydroxyl groups is 1. The number of aliphatic hydroxyl groups excluding tert-OH is 1. The van der Waals surface area contributed by atoms with Gasteiger partial charge in [-0.3, -0.25) is 4.79 Å². The van der Waals surface area contributed by atoms with E-state index in [1.807, 2.05) is 19.9 Å². The zero-order valence-electron chi connectivity index (χ0n) is 7.29. The van der Waals surface area contributed by atoms with Crippen molar-refractivity contribution in [3.8, 4) is 0 Å². The van der Waals surface area contributed by atoms with Crippen molar-refractivity contribution in [2.24, 2.45) is 0 Å². The molecule has 0 radical (unpaired) electrons. The molecule has 0 heterocycles. The Morgan fingerprint density at radius 1 is 1.36 bits per heavy atom. The van der Waals surface area contributed by atoms with E-state index >= 15 is 0 Å². The zero-order valence-corrected chi connectivity index (χ0v) is 7.29. The Labute approximate surface area is 67.4 Å². The maximum Gasteiger partial charge on any atom is 0.300 e. The Hall–Kier alpha value is -0.990. The van der Waals surface area contributed by atoms with E-state index in [1.165, 1.54) is 0 Å². The molecular weight excluding hydrogens is 144 g/mol. The number of hydrogen-bond acceptors (Lipinski definition) is 2. The van der Waals surface area contributed by atoms with Crippen LogP contribution in [0, 0.1) is 0 Å². The molecule has 0 spiro atoms. The van der Waals surface area contributed by atoms with Crippen molar-refractivity contribution in [3.05, 3.63) is 11.8 Å². The van der Waals surface area contributed by atoms with Gasteiger partial charge >= 0.3 is 0 Å². The monoisotopic (exact) mass is 160 g/mol. The first-order valence-corrected chi connectivity index (χ1v) is 3.62. The van der Waals surface area contributed by atoms with Gasteiger partial charge in [-0.05, 0) is 12.5 Å². The summed E-state index contributed by atoms with van der Waals surface area (Å²) in [5.41, 5.74) is 0. The summed E-state index contributed by atoms with van der Waals surface area (Å²) in [5, 5.41) is 16.1. The molecule has 11 heavy (non-hydrogen) atoms. The van der Waals surface area contributed by atoms with Gasteiger partial charge in [0.2, 0.25) is 0 Å². The molecule has 0 bridgehead atoms. The van der Waals surface area contributed by atoms with Crippen LogP contribution in [0.3, 0.4) is 0 Å². The second-order valence-corrected chi connectivity index (χ2v) is 1.98. The highest BCUT2D eigenvalue weighted by atomic mass is 16.4. The first-order valence-electron chi connectivity index (χ1n) is 3.62. The number of hydrogen-bond donors (Lipinski definition) is 2. The molecule has 3 nitrogen and oxygen atoms in total. The average molecular weight is 160 g/mol. The van der Waals surface area contributed by atoms with E-state index in [0.29, 0.717) is 5.76 Å². The van der Waals surface area contributed by atoms with Crippen molar-refractivity contribution >= 4 is 5.97 Å². The predicted octanol–water partition coefficient (Wildman–Crippen LogP) is 2.34. The summed E-state index contributed by atoms with van der Waals surface area (Å²) in [7, 11) is 0. The third-order valence-corrected chi connectivity index (χ3v) is 0.802. The van der Waals surface area contributed by atoms with Crippen LogP contribution in [0.5, 0.6) is 0 Å². The number of carboxylic acid groups (broad SMARTS) is 1. The first-order chi connectivity index (χ1) is 5.04. The van der Waals surface area contributed by atoms with Crippen LogP contribution in [-0.4, -0.2) is 16.2 Å². The summed E-state index contributed by atoms with van der Waals surface area (Å²) in [5.74, 6) is -0.331. The molecule has 0 saturated carbocycles. The minimum absolute atomic E-state index is 0.502. The summed E-state index contributed by atoms with van der Waals surface area (Å²) in [6, 6.07) is 0. The lowest BCUT2D eigenvalue weighted by Gasteiger charge is -1.87. The fourth-order valence-electron chi connectivity index (χ4n) is 0.380. The minimum Gasteiger partial charge on any atom is -0.513 e. The molecule has 0 rings (SSSR count). The second kappa shape index (κ2) is 9.01. The van der Waals surface area contributed by atoms with E-state index < -0.39 is 5.97 Å². The average Bonchev–Trinajstić information content (AvgIpc) is 1.87. The molecule has 2 N–H and O–H groups in total. The standard InChI is InChI=1S/C6H12O.C2H4O2/c1-3-5-6(7)4-2;1-2(3)4/h5,7H,3-4H2,1-2H3;1H3,(H,3,4). The fraction of sp³-hybridized carbons (Fsp3) is 0.625. The van der Waals surface area contributed by atoms with Gasteiger partial charge in [0.25, 0.3) is 5.97 Å². The highest BCUT2D eigenvalue weighted by Gasteiger charge is 1.80. The Bertz CT molecular complexity index is 123. The van der Waals surface area contributed by atoms with Gasteiger partial charge in [0.15, 0.2) is 0 Å². The van der Waals surface area contributed by atoms with Crippen LogP contribution < -0.4 is 0 Å². The maximum atomic E-state index is 9.00. The van der Waals surface area contributed by atoms with Crippen LogP contribution in [0.1, 0.15) is 33.6 Å². The van der Waals surface area contributed by atoms with E-state index in [-0.39, 0.29) is 0 Å². The van der Waals surface area contributed by atoms with Crippen LogP contribution in [0.2, 0.25) is 0 Å². The van der Waals surface area contributed by atoms with E-state index in [2.05, 4.69) is 0 Å². The SMILES string of the molecule is CC(=O)O.CCC=C(O)CC. The summed E-state index contributed by atoms with van der Waals surface area (Å²) < 4.78 is 0. The third-order valence-electron chi connectivity index (χ3n) is 0.802. The quantitative estimate of drug-likeness (QED) is 0.609. The topological polar surface area (TPSA) is 57.5 Å². The molecule has 0 atom stereocenters. The Morgan fingerprint density at radius 3 is 1.82 bits per heavy atom. The van der Waals surface area contributed by atoms with Gasteiger partial charge in [-0.1, -0.05) is 13.8 Å². The first kappa shape index (κ1) is 12.7. The molecule has 0 aliphatic rings. The zero-order chi connectivity index (χ0) is 9.28. The van der Waals surface area contributed by atoms with Gasteiger partial charge in [0.05, 0.1) is 5.76 Å². The van der Waals surface area contributed by atoms with Crippen LogP contribution in [0.15, 0.2) is 11.8 Å². The van der Waals surface area contributed by atoms with Crippen molar-refractivity contribution in [2.75, 3.05) is 0 Å². The molecule has 0 aromatic carbocycles. The Kier molecular flexibility index (Phi) is 10.4. The number of allylic oxidation sites excluding steroid dienone is 2. The fourth-order valence-corrected chi connectivity index (χ4v) is 0.380. The van der Waals surface area contributed by atoms with E-state index in [0.717, 1.165) is 19.8 Å². The van der Waals surface area contributed by atoms with Crippen LogP contribution in [0.25, 0.3) is 0 Å². The summed E-state index contributed by atoms with van der Waals surface area (Å²) in [6.45, 7) is 5.02. The normalized spacial score (nSPS) is 9.91. The van der Waals surface area contributed by atoms with E-state index in [1.54, 1.807) is 0 Å². The molecule has 0 aliphatic carbocycles. The molecule has 0 fully saturated rings. The lowest BCUT2D eigenvalue weighted by Crippen LogP contribution is -1.78. The van der Waals surface area contributed by atoms with Gasteiger partial charge in [-0.25, -0.2) is 0 Å². The van der Waals surface area contributed by atoms with Crippen molar-refractivity contribution in [3.63, 3.8) is 0 Å². The third kappa shape index (κ3) is 27.5. The second-order valence-electron chi connectivity index (χ2n) is 1.98. The number of rotatable bonds is 2. The van der Waals surface area contributed by atoms with Crippen molar-refractivity contribution in [1.82, 2.24) is 0 Å². The van der Waals surface area contributed by atoms with Crippen molar-refractivity contribution in [1.29, 1.82) is 0 Å². The molecule has 0 aliphatic heterocycles. The summed E-state index contributed by atoms with van der Waals surface area (Å²) in [4.78, 5) is 9.00. The Balaban J connectivity index is 0.